The number of hydrogen-bond acceptors (Lipinski definition) is 6. The number of amides is 1. The molecule has 0 bridgehead atoms. The maximum Gasteiger partial charge on any atom is 0.357 e. The lowest BCUT2D eigenvalue weighted by molar-refractivity contribution is -0.121. The fourth-order valence-electron chi connectivity index (χ4n) is 3.41. The third-order valence-electron chi connectivity index (χ3n) is 4.80. The number of carbonyl (C=O) groups excluding carboxylic acids is 2. The molecule has 3 aromatic rings. The molecule has 0 aliphatic heterocycles. The van der Waals surface area contributed by atoms with Crippen LogP contribution in [0.2, 0.25) is 0 Å². The number of benzene rings is 2. The molecule has 0 spiro atoms. The highest BCUT2D eigenvalue weighted by Crippen LogP contribution is 2.23. The standard InChI is InChI=1S/C24H23FN4O3S/c1-16-11-17(2)13-20(12-16)28(10-4-9-26)22(30)15-32-23(31)21-14-27-24(33-3)29(21)19-7-5-18(25)6-8-19/h5-8,11-14H,4,10,15H2,1-3H3. The smallest absolute Gasteiger partial charge is 0.357 e. The summed E-state index contributed by atoms with van der Waals surface area (Å²) in [6.07, 6.45) is 3.30. The minimum atomic E-state index is -0.735. The summed E-state index contributed by atoms with van der Waals surface area (Å²) >= 11 is 1.32. The molecule has 9 heteroatoms. The van der Waals surface area contributed by atoms with Crippen molar-refractivity contribution in [3.05, 3.63) is 71.3 Å². The number of aryl methyl sites for hydroxylation is 2. The number of imidazole rings is 1. The molecule has 2 aromatic carbocycles. The van der Waals surface area contributed by atoms with Crippen LogP contribution < -0.4 is 4.90 Å². The molecule has 0 radical (unpaired) electrons. The summed E-state index contributed by atoms with van der Waals surface area (Å²) in [6, 6.07) is 13.3. The highest BCUT2D eigenvalue weighted by Gasteiger charge is 2.22. The lowest BCUT2D eigenvalue weighted by Crippen LogP contribution is -2.35. The predicted molar refractivity (Wildman–Crippen MR) is 124 cm³/mol. The van der Waals surface area contributed by atoms with Crippen LogP contribution in [0.3, 0.4) is 0 Å². The quantitative estimate of drug-likeness (QED) is 0.360. The molecule has 0 N–H and O–H groups in total. The fraction of sp³-hybridized carbons (Fsp3) is 0.250. The molecule has 0 aliphatic rings. The van der Waals surface area contributed by atoms with Crippen molar-refractivity contribution < 1.29 is 18.7 Å². The molecule has 33 heavy (non-hydrogen) atoms. The van der Waals surface area contributed by atoms with Crippen molar-refractivity contribution in [1.29, 1.82) is 5.26 Å². The zero-order valence-corrected chi connectivity index (χ0v) is 19.4. The van der Waals surface area contributed by atoms with Crippen molar-refractivity contribution in [1.82, 2.24) is 9.55 Å². The van der Waals surface area contributed by atoms with Gasteiger partial charge in [0, 0.05) is 17.9 Å². The third-order valence-corrected chi connectivity index (χ3v) is 5.45. The second-order valence-corrected chi connectivity index (χ2v) is 8.09. The number of nitriles is 1. The zero-order valence-electron chi connectivity index (χ0n) is 18.5. The van der Waals surface area contributed by atoms with Crippen LogP contribution in [0.25, 0.3) is 5.69 Å². The SMILES string of the molecule is CSc1ncc(C(=O)OCC(=O)N(CCC#N)c2cc(C)cc(C)c2)n1-c1ccc(F)cc1. The van der Waals surface area contributed by atoms with E-state index in [1.165, 1.54) is 47.1 Å². The number of anilines is 1. The second kappa shape index (κ2) is 10.8. The van der Waals surface area contributed by atoms with E-state index in [1.54, 1.807) is 10.8 Å². The summed E-state index contributed by atoms with van der Waals surface area (Å²) in [5.74, 6) is -1.58. The number of thioether (sulfide) groups is 1. The fourth-order valence-corrected chi connectivity index (χ4v) is 3.95. The summed E-state index contributed by atoms with van der Waals surface area (Å²) in [6.45, 7) is 3.52. The van der Waals surface area contributed by atoms with E-state index in [0.717, 1.165) is 11.1 Å². The molecule has 170 valence electrons. The minimum Gasteiger partial charge on any atom is -0.451 e. The van der Waals surface area contributed by atoms with Gasteiger partial charge in [-0.1, -0.05) is 17.8 Å². The molecular weight excluding hydrogens is 443 g/mol. The van der Waals surface area contributed by atoms with E-state index < -0.39 is 24.3 Å². The van der Waals surface area contributed by atoms with Crippen LogP contribution in [-0.2, 0) is 9.53 Å². The van der Waals surface area contributed by atoms with E-state index in [1.807, 2.05) is 38.1 Å². The molecule has 0 unspecified atom stereocenters. The van der Waals surface area contributed by atoms with Gasteiger partial charge in [-0.2, -0.15) is 5.26 Å². The second-order valence-electron chi connectivity index (χ2n) is 7.32. The van der Waals surface area contributed by atoms with Gasteiger partial charge in [0.25, 0.3) is 5.91 Å². The summed E-state index contributed by atoms with van der Waals surface area (Å²) in [4.78, 5) is 31.4. The number of nitrogens with zero attached hydrogens (tertiary/aromatic N) is 4. The van der Waals surface area contributed by atoms with Gasteiger partial charge < -0.3 is 9.64 Å². The average Bonchev–Trinajstić information content (AvgIpc) is 3.22. The Bertz CT molecular complexity index is 1180. The Balaban J connectivity index is 1.80. The maximum absolute atomic E-state index is 13.3. The molecule has 1 amide bonds. The Labute approximate surface area is 195 Å². The van der Waals surface area contributed by atoms with Crippen molar-refractivity contribution in [2.75, 3.05) is 24.3 Å². The molecule has 0 fully saturated rings. The van der Waals surface area contributed by atoms with Crippen LogP contribution in [0.5, 0.6) is 0 Å². The molecule has 0 saturated carbocycles. The van der Waals surface area contributed by atoms with Crippen molar-refractivity contribution in [3.8, 4) is 11.8 Å². The van der Waals surface area contributed by atoms with E-state index >= 15 is 0 Å². The lowest BCUT2D eigenvalue weighted by Gasteiger charge is -2.22. The van der Waals surface area contributed by atoms with Gasteiger partial charge in [-0.05, 0) is 67.6 Å². The van der Waals surface area contributed by atoms with Crippen molar-refractivity contribution in [3.63, 3.8) is 0 Å². The van der Waals surface area contributed by atoms with Crippen LogP contribution in [0, 0.1) is 31.0 Å². The largest absolute Gasteiger partial charge is 0.451 e. The Morgan fingerprint density at radius 2 is 1.85 bits per heavy atom. The van der Waals surface area contributed by atoms with Crippen LogP contribution in [0.1, 0.15) is 28.0 Å². The van der Waals surface area contributed by atoms with Gasteiger partial charge in [0.15, 0.2) is 17.5 Å². The zero-order chi connectivity index (χ0) is 24.0. The first-order chi connectivity index (χ1) is 15.8. The Hall–Kier alpha value is -3.64. The number of esters is 1. The summed E-state index contributed by atoms with van der Waals surface area (Å²) < 4.78 is 20.2. The van der Waals surface area contributed by atoms with Crippen LogP contribution in [-0.4, -0.2) is 40.8 Å². The number of carbonyl (C=O) groups is 2. The van der Waals surface area contributed by atoms with E-state index in [0.29, 0.717) is 16.5 Å². The van der Waals surface area contributed by atoms with Crippen LogP contribution in [0.4, 0.5) is 10.1 Å². The molecule has 3 rings (SSSR count). The van der Waals surface area contributed by atoms with Gasteiger partial charge in [-0.3, -0.25) is 9.36 Å². The van der Waals surface area contributed by atoms with Crippen molar-refractivity contribution >= 4 is 29.3 Å². The third kappa shape index (κ3) is 5.79. The predicted octanol–water partition coefficient (Wildman–Crippen LogP) is 4.45. The van der Waals surface area contributed by atoms with Crippen molar-refractivity contribution in [2.24, 2.45) is 0 Å². The van der Waals surface area contributed by atoms with Crippen LogP contribution >= 0.6 is 11.8 Å². The molecule has 0 aliphatic carbocycles. The topological polar surface area (TPSA) is 88.2 Å². The van der Waals surface area contributed by atoms with Gasteiger partial charge in [0.2, 0.25) is 0 Å². The summed E-state index contributed by atoms with van der Waals surface area (Å²) in [5, 5.41) is 9.51. The number of halogens is 1. The molecule has 0 atom stereocenters. The first-order valence-corrected chi connectivity index (χ1v) is 11.4. The molecule has 7 nitrogen and oxygen atoms in total. The highest BCUT2D eigenvalue weighted by molar-refractivity contribution is 7.98. The van der Waals surface area contributed by atoms with Crippen molar-refractivity contribution in [2.45, 2.75) is 25.4 Å². The number of ether oxygens (including phenoxy) is 1. The van der Waals surface area contributed by atoms with E-state index in [4.69, 9.17) is 10.00 Å². The van der Waals surface area contributed by atoms with E-state index in [9.17, 15) is 14.0 Å². The van der Waals surface area contributed by atoms with Crippen LogP contribution in [0.15, 0.2) is 53.8 Å². The highest BCUT2D eigenvalue weighted by atomic mass is 32.2. The Morgan fingerprint density at radius 1 is 1.18 bits per heavy atom. The van der Waals surface area contributed by atoms with Gasteiger partial charge in [0.1, 0.15) is 5.82 Å². The summed E-state index contributed by atoms with van der Waals surface area (Å²) in [7, 11) is 0. The maximum atomic E-state index is 13.3. The minimum absolute atomic E-state index is 0.119. The van der Waals surface area contributed by atoms with Gasteiger partial charge in [-0.15, -0.1) is 0 Å². The van der Waals surface area contributed by atoms with E-state index in [-0.39, 0.29) is 18.7 Å². The van der Waals surface area contributed by atoms with Gasteiger partial charge in [0.05, 0.1) is 18.7 Å². The Kier molecular flexibility index (Phi) is 7.85. The van der Waals surface area contributed by atoms with E-state index in [2.05, 4.69) is 4.98 Å². The number of rotatable bonds is 8. The average molecular weight is 467 g/mol. The molecule has 0 saturated heterocycles. The Morgan fingerprint density at radius 3 is 2.45 bits per heavy atom. The molecular formula is C24H23FN4O3S. The molecule has 1 aromatic heterocycles. The van der Waals surface area contributed by atoms with Gasteiger partial charge >= 0.3 is 5.97 Å². The number of hydrogen-bond donors (Lipinski definition) is 0. The summed E-state index contributed by atoms with van der Waals surface area (Å²) in [5.41, 5.74) is 3.26. The first kappa shape index (κ1) is 24.0. The lowest BCUT2D eigenvalue weighted by atomic mass is 10.1. The number of aromatic nitrogens is 2. The molecule has 1 heterocycles. The monoisotopic (exact) mass is 466 g/mol. The van der Waals surface area contributed by atoms with Gasteiger partial charge in [-0.25, -0.2) is 14.2 Å². The normalized spacial score (nSPS) is 10.5. The first-order valence-electron chi connectivity index (χ1n) is 10.1.